The van der Waals surface area contributed by atoms with Crippen LogP contribution in [-0.2, 0) is 9.59 Å². The van der Waals surface area contributed by atoms with Crippen LogP contribution in [0.2, 0.25) is 0 Å². The van der Waals surface area contributed by atoms with Crippen LogP contribution >= 0.6 is 0 Å². The van der Waals surface area contributed by atoms with Crippen molar-refractivity contribution in [1.82, 2.24) is 0 Å². The normalized spacial score (nSPS) is 10.0. The van der Waals surface area contributed by atoms with Crippen molar-refractivity contribution in [3.05, 3.63) is 54.1 Å². The van der Waals surface area contributed by atoms with Crippen LogP contribution in [0.15, 0.2) is 48.5 Å². The highest BCUT2D eigenvalue weighted by Gasteiger charge is 2.04. The zero-order valence-corrected chi connectivity index (χ0v) is 13.3. The molecular formula is C18H21N3O2. The lowest BCUT2D eigenvalue weighted by Crippen LogP contribution is -2.16. The summed E-state index contributed by atoms with van der Waals surface area (Å²) in [4.78, 5) is 22.9. The highest BCUT2D eigenvalue weighted by atomic mass is 16.2. The van der Waals surface area contributed by atoms with Crippen LogP contribution < -0.4 is 16.0 Å². The van der Waals surface area contributed by atoms with Gasteiger partial charge in [-0.1, -0.05) is 18.2 Å². The van der Waals surface area contributed by atoms with Crippen molar-refractivity contribution in [2.24, 2.45) is 0 Å². The minimum absolute atomic E-state index is 0.0262. The maximum atomic E-state index is 11.9. The first-order valence-corrected chi connectivity index (χ1v) is 7.51. The van der Waals surface area contributed by atoms with Crippen LogP contribution in [0.1, 0.15) is 18.9 Å². The van der Waals surface area contributed by atoms with E-state index in [1.807, 2.05) is 55.5 Å². The highest BCUT2D eigenvalue weighted by Crippen LogP contribution is 2.15. The number of hydrogen-bond donors (Lipinski definition) is 3. The van der Waals surface area contributed by atoms with Gasteiger partial charge in [-0.05, 0) is 42.8 Å². The summed E-state index contributed by atoms with van der Waals surface area (Å²) < 4.78 is 0. The van der Waals surface area contributed by atoms with Crippen LogP contribution in [0.3, 0.4) is 0 Å². The van der Waals surface area contributed by atoms with Gasteiger partial charge < -0.3 is 16.0 Å². The number of anilines is 3. The second-order valence-electron chi connectivity index (χ2n) is 5.30. The highest BCUT2D eigenvalue weighted by molar-refractivity contribution is 5.91. The van der Waals surface area contributed by atoms with Gasteiger partial charge in [0.15, 0.2) is 0 Å². The number of carbonyl (C=O) groups is 2. The quantitative estimate of drug-likeness (QED) is 0.766. The largest absolute Gasteiger partial charge is 0.385 e. The average Bonchev–Trinajstić information content (AvgIpc) is 2.51. The molecule has 0 fully saturated rings. The number of rotatable bonds is 6. The summed E-state index contributed by atoms with van der Waals surface area (Å²) in [6.07, 6.45) is 0.377. The predicted molar refractivity (Wildman–Crippen MR) is 93.7 cm³/mol. The zero-order valence-electron chi connectivity index (χ0n) is 13.3. The van der Waals surface area contributed by atoms with Gasteiger partial charge in [-0.3, -0.25) is 9.59 Å². The predicted octanol–water partition coefficient (Wildman–Crippen LogP) is 3.39. The second-order valence-corrected chi connectivity index (χ2v) is 5.30. The van der Waals surface area contributed by atoms with Crippen molar-refractivity contribution in [1.29, 1.82) is 0 Å². The Balaban J connectivity index is 1.77. The van der Waals surface area contributed by atoms with Crippen molar-refractivity contribution < 1.29 is 9.59 Å². The molecule has 23 heavy (non-hydrogen) atoms. The molecule has 5 nitrogen and oxygen atoms in total. The molecule has 2 amide bonds. The van der Waals surface area contributed by atoms with E-state index >= 15 is 0 Å². The van der Waals surface area contributed by atoms with E-state index in [0.29, 0.717) is 13.0 Å². The number of benzene rings is 2. The third kappa shape index (κ3) is 5.47. The minimum atomic E-state index is -0.0985. The summed E-state index contributed by atoms with van der Waals surface area (Å²) in [5, 5.41) is 8.79. The molecule has 0 atom stereocenters. The van der Waals surface area contributed by atoms with Gasteiger partial charge in [-0.25, -0.2) is 0 Å². The van der Waals surface area contributed by atoms with Crippen LogP contribution in [0.4, 0.5) is 17.1 Å². The van der Waals surface area contributed by atoms with Gasteiger partial charge >= 0.3 is 0 Å². The molecule has 120 valence electrons. The van der Waals surface area contributed by atoms with Crippen LogP contribution in [0, 0.1) is 6.92 Å². The first-order valence-electron chi connectivity index (χ1n) is 7.51. The van der Waals surface area contributed by atoms with E-state index in [-0.39, 0.29) is 11.8 Å². The molecule has 0 spiro atoms. The standard InChI is InChI=1S/C18H21N3O2/c1-13-5-3-4-6-17(13)21-18(23)11-12-19-15-7-9-16(10-8-15)20-14(2)22/h3-10,19H,11-12H2,1-2H3,(H,20,22)(H,21,23). The smallest absolute Gasteiger partial charge is 0.226 e. The molecule has 2 rings (SSSR count). The Kier molecular flexibility index (Phi) is 5.74. The lowest BCUT2D eigenvalue weighted by molar-refractivity contribution is -0.116. The number of amides is 2. The Morgan fingerprint density at radius 2 is 1.57 bits per heavy atom. The maximum absolute atomic E-state index is 11.9. The van der Waals surface area contributed by atoms with Crippen molar-refractivity contribution in [2.75, 3.05) is 22.5 Å². The molecule has 0 aliphatic rings. The fraction of sp³-hybridized carbons (Fsp3) is 0.222. The van der Waals surface area contributed by atoms with E-state index in [1.54, 1.807) is 0 Å². The molecule has 2 aromatic carbocycles. The minimum Gasteiger partial charge on any atom is -0.385 e. The fourth-order valence-corrected chi connectivity index (χ4v) is 2.12. The van der Waals surface area contributed by atoms with E-state index < -0.39 is 0 Å². The molecule has 0 saturated carbocycles. The van der Waals surface area contributed by atoms with Crippen molar-refractivity contribution >= 4 is 28.9 Å². The van der Waals surface area contributed by atoms with Gasteiger partial charge in [0, 0.05) is 37.0 Å². The summed E-state index contributed by atoms with van der Waals surface area (Å²) in [5.41, 5.74) is 3.54. The number of hydrogen-bond acceptors (Lipinski definition) is 3. The third-order valence-corrected chi connectivity index (χ3v) is 3.31. The molecule has 0 unspecified atom stereocenters. The van der Waals surface area contributed by atoms with E-state index in [1.165, 1.54) is 6.92 Å². The van der Waals surface area contributed by atoms with Gasteiger partial charge in [0.2, 0.25) is 11.8 Å². The van der Waals surface area contributed by atoms with Gasteiger partial charge in [0.25, 0.3) is 0 Å². The Hall–Kier alpha value is -2.82. The molecule has 0 aliphatic heterocycles. The molecule has 0 saturated heterocycles. The first kappa shape index (κ1) is 16.5. The summed E-state index contributed by atoms with van der Waals surface area (Å²) in [6, 6.07) is 15.1. The second kappa shape index (κ2) is 7.98. The molecule has 0 aromatic heterocycles. The molecule has 2 aromatic rings. The Bertz CT molecular complexity index is 681. The summed E-state index contributed by atoms with van der Waals surface area (Å²) in [5.74, 6) is -0.125. The molecule has 0 bridgehead atoms. The molecular weight excluding hydrogens is 290 g/mol. The van der Waals surface area contributed by atoms with Crippen LogP contribution in [-0.4, -0.2) is 18.4 Å². The van der Waals surface area contributed by atoms with Crippen molar-refractivity contribution in [3.8, 4) is 0 Å². The molecule has 3 N–H and O–H groups in total. The Morgan fingerprint density at radius 1 is 0.913 bits per heavy atom. The summed E-state index contributed by atoms with van der Waals surface area (Å²) in [7, 11) is 0. The third-order valence-electron chi connectivity index (χ3n) is 3.31. The van der Waals surface area contributed by atoms with Crippen molar-refractivity contribution in [3.63, 3.8) is 0 Å². The molecule has 0 heterocycles. The van der Waals surface area contributed by atoms with E-state index in [4.69, 9.17) is 0 Å². The maximum Gasteiger partial charge on any atom is 0.226 e. The number of aryl methyl sites for hydroxylation is 1. The van der Waals surface area contributed by atoms with Crippen LogP contribution in [0.5, 0.6) is 0 Å². The number of para-hydroxylation sites is 1. The first-order chi connectivity index (χ1) is 11.0. The number of carbonyl (C=O) groups excluding carboxylic acids is 2. The van der Waals surface area contributed by atoms with Gasteiger partial charge in [-0.15, -0.1) is 0 Å². The topological polar surface area (TPSA) is 70.2 Å². The van der Waals surface area contributed by atoms with E-state index in [9.17, 15) is 9.59 Å². The van der Waals surface area contributed by atoms with Gasteiger partial charge in [0.05, 0.1) is 0 Å². The lowest BCUT2D eigenvalue weighted by Gasteiger charge is -2.10. The summed E-state index contributed by atoms with van der Waals surface area (Å²) in [6.45, 7) is 3.97. The Labute approximate surface area is 136 Å². The average molecular weight is 311 g/mol. The number of nitrogens with one attached hydrogen (secondary N) is 3. The molecule has 5 heteroatoms. The molecule has 0 aliphatic carbocycles. The lowest BCUT2D eigenvalue weighted by atomic mass is 10.2. The van der Waals surface area contributed by atoms with E-state index in [2.05, 4.69) is 16.0 Å². The monoisotopic (exact) mass is 311 g/mol. The van der Waals surface area contributed by atoms with Crippen LogP contribution in [0.25, 0.3) is 0 Å². The fourth-order valence-electron chi connectivity index (χ4n) is 2.12. The van der Waals surface area contributed by atoms with Gasteiger partial charge in [0.1, 0.15) is 0 Å². The van der Waals surface area contributed by atoms with Crippen molar-refractivity contribution in [2.45, 2.75) is 20.3 Å². The molecule has 0 radical (unpaired) electrons. The summed E-state index contributed by atoms with van der Waals surface area (Å²) >= 11 is 0. The Morgan fingerprint density at radius 3 is 2.22 bits per heavy atom. The van der Waals surface area contributed by atoms with E-state index in [0.717, 1.165) is 22.6 Å². The zero-order chi connectivity index (χ0) is 16.7. The van der Waals surface area contributed by atoms with Gasteiger partial charge in [-0.2, -0.15) is 0 Å². The SMILES string of the molecule is CC(=O)Nc1ccc(NCCC(=O)Nc2ccccc2C)cc1.